The summed E-state index contributed by atoms with van der Waals surface area (Å²) >= 11 is 6.09. The Morgan fingerprint density at radius 2 is 1.74 bits per heavy atom. The molecule has 0 aliphatic heterocycles. The highest BCUT2D eigenvalue weighted by atomic mass is 35.5. The number of nitrogens with zero attached hydrogens (tertiary/aromatic N) is 2. The van der Waals surface area contributed by atoms with Gasteiger partial charge in [0.05, 0.1) is 30.4 Å². The smallest absolute Gasteiger partial charge is 0.254 e. The topological polar surface area (TPSA) is 80.1 Å². The third-order valence-corrected chi connectivity index (χ3v) is 6.41. The van der Waals surface area contributed by atoms with Gasteiger partial charge in [0.2, 0.25) is 5.91 Å². The largest absolute Gasteiger partial charge is 0.464 e. The maximum Gasteiger partial charge on any atom is 0.254 e. The first-order chi connectivity index (χ1) is 18.4. The monoisotopic (exact) mass is 532 g/mol. The predicted octanol–water partition coefficient (Wildman–Crippen LogP) is 5.07. The number of halogens is 1. The second kappa shape index (κ2) is 12.5. The van der Waals surface area contributed by atoms with Gasteiger partial charge in [0, 0.05) is 30.8 Å². The molecule has 0 radical (unpaired) electrons. The van der Waals surface area contributed by atoms with E-state index in [0.717, 1.165) is 11.1 Å². The van der Waals surface area contributed by atoms with Gasteiger partial charge >= 0.3 is 0 Å². The van der Waals surface area contributed by atoms with Gasteiger partial charge in [0.25, 0.3) is 5.91 Å². The van der Waals surface area contributed by atoms with Gasteiger partial charge in [-0.25, -0.2) is 0 Å². The number of benzene rings is 3. The fourth-order valence-corrected chi connectivity index (χ4v) is 4.35. The van der Waals surface area contributed by atoms with E-state index in [0.29, 0.717) is 27.1 Å². The molecule has 2 amide bonds. The van der Waals surface area contributed by atoms with Crippen LogP contribution in [0.1, 0.15) is 27.0 Å². The zero-order chi connectivity index (χ0) is 27.1. The van der Waals surface area contributed by atoms with Crippen molar-refractivity contribution in [2.24, 2.45) is 0 Å². The standard InChI is InChI=1S/C30H29ClN2O5/c1-21-11-12-27-26(15-21)29(35)24(20-38-27)18-33(17-22-7-4-3-5-8-22)28(34)19-32(13-14-37-2)30(36)23-9-6-10-25(31)16-23/h3-12,15-16,20H,13-14,17-19H2,1-2H3. The summed E-state index contributed by atoms with van der Waals surface area (Å²) in [7, 11) is 1.53. The molecule has 0 aliphatic carbocycles. The van der Waals surface area contributed by atoms with Crippen molar-refractivity contribution >= 4 is 34.4 Å². The summed E-state index contributed by atoms with van der Waals surface area (Å²) in [6.07, 6.45) is 1.41. The molecule has 0 spiro atoms. The SMILES string of the molecule is COCCN(CC(=O)N(Cc1ccccc1)Cc1coc2ccc(C)cc2c1=O)C(=O)c1cccc(Cl)c1. The number of carbonyl (C=O) groups excluding carboxylic acids is 2. The molecule has 0 atom stereocenters. The van der Waals surface area contributed by atoms with Crippen LogP contribution < -0.4 is 5.43 Å². The summed E-state index contributed by atoms with van der Waals surface area (Å²) < 4.78 is 10.9. The molecule has 3 aromatic carbocycles. The van der Waals surface area contributed by atoms with E-state index >= 15 is 0 Å². The van der Waals surface area contributed by atoms with Gasteiger partial charge in [-0.3, -0.25) is 14.4 Å². The average Bonchev–Trinajstić information content (AvgIpc) is 2.92. The summed E-state index contributed by atoms with van der Waals surface area (Å²) in [5.41, 5.74) is 2.87. The lowest BCUT2D eigenvalue weighted by Gasteiger charge is -2.28. The maximum absolute atomic E-state index is 13.7. The number of fused-ring (bicyclic) bond motifs is 1. The summed E-state index contributed by atoms with van der Waals surface area (Å²) in [6, 6.07) is 21.5. The first-order valence-corrected chi connectivity index (χ1v) is 12.6. The van der Waals surface area contributed by atoms with Crippen LogP contribution in [0.5, 0.6) is 0 Å². The van der Waals surface area contributed by atoms with E-state index in [9.17, 15) is 14.4 Å². The van der Waals surface area contributed by atoms with Crippen LogP contribution >= 0.6 is 11.6 Å². The van der Waals surface area contributed by atoms with Gasteiger partial charge < -0.3 is 19.0 Å². The zero-order valence-corrected chi connectivity index (χ0v) is 22.1. The Hall–Kier alpha value is -3.94. The predicted molar refractivity (Wildman–Crippen MR) is 147 cm³/mol. The molecule has 0 aliphatic rings. The fraction of sp³-hybridized carbons (Fsp3) is 0.233. The number of rotatable bonds is 10. The summed E-state index contributed by atoms with van der Waals surface area (Å²) in [6.45, 7) is 2.47. The highest BCUT2D eigenvalue weighted by molar-refractivity contribution is 6.31. The molecule has 0 unspecified atom stereocenters. The molecule has 7 nitrogen and oxygen atoms in total. The third kappa shape index (κ3) is 6.68. The van der Waals surface area contributed by atoms with E-state index in [2.05, 4.69) is 0 Å². The number of hydrogen-bond donors (Lipinski definition) is 0. The van der Waals surface area contributed by atoms with Crippen molar-refractivity contribution in [3.05, 3.63) is 117 Å². The fourth-order valence-electron chi connectivity index (χ4n) is 4.16. The Bertz CT molecular complexity index is 1490. The van der Waals surface area contributed by atoms with Gasteiger partial charge in [-0.2, -0.15) is 0 Å². The van der Waals surface area contributed by atoms with Gasteiger partial charge in [-0.05, 0) is 42.8 Å². The summed E-state index contributed by atoms with van der Waals surface area (Å²) in [5.74, 6) is -0.651. The second-order valence-corrected chi connectivity index (χ2v) is 9.49. The van der Waals surface area contributed by atoms with Crippen molar-refractivity contribution in [1.82, 2.24) is 9.80 Å². The van der Waals surface area contributed by atoms with E-state index in [1.165, 1.54) is 18.3 Å². The van der Waals surface area contributed by atoms with Crippen LogP contribution in [0.15, 0.2) is 88.3 Å². The number of hydrogen-bond acceptors (Lipinski definition) is 5. The van der Waals surface area contributed by atoms with E-state index in [-0.39, 0.29) is 50.0 Å². The number of aryl methyl sites for hydroxylation is 1. The summed E-state index contributed by atoms with van der Waals surface area (Å²) in [4.78, 5) is 43.3. The first-order valence-electron chi connectivity index (χ1n) is 12.2. The minimum absolute atomic E-state index is 0.0312. The minimum Gasteiger partial charge on any atom is -0.464 e. The van der Waals surface area contributed by atoms with E-state index < -0.39 is 0 Å². The Morgan fingerprint density at radius 3 is 2.47 bits per heavy atom. The van der Waals surface area contributed by atoms with Crippen LogP contribution in [-0.2, 0) is 22.6 Å². The lowest BCUT2D eigenvalue weighted by Crippen LogP contribution is -2.44. The quantitative estimate of drug-likeness (QED) is 0.285. The van der Waals surface area contributed by atoms with Crippen molar-refractivity contribution in [3.63, 3.8) is 0 Å². The highest BCUT2D eigenvalue weighted by Gasteiger charge is 2.24. The highest BCUT2D eigenvalue weighted by Crippen LogP contribution is 2.17. The molecule has 196 valence electrons. The van der Waals surface area contributed by atoms with E-state index in [1.807, 2.05) is 43.3 Å². The van der Waals surface area contributed by atoms with Gasteiger partial charge in [0.1, 0.15) is 12.1 Å². The Balaban J connectivity index is 1.63. The van der Waals surface area contributed by atoms with Crippen molar-refractivity contribution in [3.8, 4) is 0 Å². The molecule has 4 aromatic rings. The van der Waals surface area contributed by atoms with Crippen molar-refractivity contribution < 1.29 is 18.7 Å². The molecule has 1 aromatic heterocycles. The zero-order valence-electron chi connectivity index (χ0n) is 21.4. The molecular formula is C30H29ClN2O5. The molecule has 38 heavy (non-hydrogen) atoms. The molecule has 0 bridgehead atoms. The molecule has 0 saturated carbocycles. The normalized spacial score (nSPS) is 10.9. The number of ether oxygens (including phenoxy) is 1. The summed E-state index contributed by atoms with van der Waals surface area (Å²) in [5, 5.41) is 0.894. The van der Waals surface area contributed by atoms with Crippen LogP contribution in [0.2, 0.25) is 5.02 Å². The van der Waals surface area contributed by atoms with E-state index in [1.54, 1.807) is 41.3 Å². The van der Waals surface area contributed by atoms with Crippen LogP contribution in [0, 0.1) is 6.92 Å². The molecule has 0 N–H and O–H groups in total. The van der Waals surface area contributed by atoms with Crippen LogP contribution in [0.25, 0.3) is 11.0 Å². The van der Waals surface area contributed by atoms with Crippen LogP contribution in [0.3, 0.4) is 0 Å². The average molecular weight is 533 g/mol. The molecule has 1 heterocycles. The number of carbonyl (C=O) groups is 2. The van der Waals surface area contributed by atoms with Crippen molar-refractivity contribution in [2.75, 3.05) is 26.8 Å². The van der Waals surface area contributed by atoms with E-state index in [4.69, 9.17) is 20.8 Å². The number of amides is 2. The number of methoxy groups -OCH3 is 1. The Kier molecular flexibility index (Phi) is 8.94. The third-order valence-electron chi connectivity index (χ3n) is 6.18. The van der Waals surface area contributed by atoms with Gasteiger partial charge in [-0.1, -0.05) is 59.6 Å². The van der Waals surface area contributed by atoms with Gasteiger partial charge in [-0.15, -0.1) is 0 Å². The van der Waals surface area contributed by atoms with Gasteiger partial charge in [0.15, 0.2) is 5.43 Å². The first kappa shape index (κ1) is 27.1. The second-order valence-electron chi connectivity index (χ2n) is 9.05. The minimum atomic E-state index is -0.335. The molecule has 0 fully saturated rings. The maximum atomic E-state index is 13.7. The Morgan fingerprint density at radius 1 is 0.947 bits per heavy atom. The van der Waals surface area contributed by atoms with Crippen molar-refractivity contribution in [1.29, 1.82) is 0 Å². The molecular weight excluding hydrogens is 504 g/mol. The lowest BCUT2D eigenvalue weighted by atomic mass is 10.1. The molecule has 8 heteroatoms. The van der Waals surface area contributed by atoms with Crippen molar-refractivity contribution in [2.45, 2.75) is 20.0 Å². The lowest BCUT2D eigenvalue weighted by molar-refractivity contribution is -0.133. The molecule has 4 rings (SSSR count). The van der Waals surface area contributed by atoms with Crippen LogP contribution in [0.4, 0.5) is 0 Å². The van der Waals surface area contributed by atoms with Crippen LogP contribution in [-0.4, -0.2) is 48.4 Å². The molecule has 0 saturated heterocycles. The Labute approximate surface area is 226 Å².